The Morgan fingerprint density at radius 2 is 1.65 bits per heavy atom. The zero-order valence-corrected chi connectivity index (χ0v) is 19.8. The van der Waals surface area contributed by atoms with E-state index < -0.39 is 10.0 Å². The second-order valence-corrected chi connectivity index (χ2v) is 10.8. The van der Waals surface area contributed by atoms with Crippen LogP contribution in [0.25, 0.3) is 5.69 Å². The van der Waals surface area contributed by atoms with Crippen LogP contribution in [-0.2, 0) is 10.0 Å². The number of tetrazole rings is 1. The molecule has 1 aliphatic heterocycles. The highest BCUT2D eigenvalue weighted by molar-refractivity contribution is 7.89. The molecule has 0 radical (unpaired) electrons. The van der Waals surface area contributed by atoms with Gasteiger partial charge in [-0.05, 0) is 65.1 Å². The molecule has 2 heterocycles. The van der Waals surface area contributed by atoms with Crippen molar-refractivity contribution in [2.24, 2.45) is 0 Å². The van der Waals surface area contributed by atoms with Gasteiger partial charge in [0.1, 0.15) is 6.33 Å². The van der Waals surface area contributed by atoms with Gasteiger partial charge in [-0.1, -0.05) is 37.5 Å². The molecule has 0 unspecified atom stereocenters. The van der Waals surface area contributed by atoms with Gasteiger partial charge in [0.25, 0.3) is 5.91 Å². The Hall–Kier alpha value is -3.11. The van der Waals surface area contributed by atoms with Crippen molar-refractivity contribution < 1.29 is 13.2 Å². The normalized spacial score (nSPS) is 18.2. The second-order valence-electron chi connectivity index (χ2n) is 8.90. The molecular weight excluding hydrogens is 452 g/mol. The first-order valence-electron chi connectivity index (χ1n) is 11.8. The van der Waals surface area contributed by atoms with Gasteiger partial charge in [-0.2, -0.15) is 4.31 Å². The Labute approximate surface area is 199 Å². The first-order chi connectivity index (χ1) is 16.5. The number of amides is 1. The predicted molar refractivity (Wildman–Crippen MR) is 126 cm³/mol. The number of aromatic nitrogens is 4. The number of hydrogen-bond acceptors (Lipinski definition) is 6. The van der Waals surface area contributed by atoms with Crippen LogP contribution in [0, 0.1) is 0 Å². The zero-order valence-electron chi connectivity index (χ0n) is 19.0. The van der Waals surface area contributed by atoms with E-state index in [-0.39, 0.29) is 19.0 Å². The van der Waals surface area contributed by atoms with Gasteiger partial charge in [0.05, 0.1) is 10.6 Å². The van der Waals surface area contributed by atoms with E-state index in [9.17, 15) is 13.2 Å². The molecule has 9 nitrogen and oxygen atoms in total. The molecule has 2 aromatic carbocycles. The summed E-state index contributed by atoms with van der Waals surface area (Å²) in [5.74, 6) is 0.406. The van der Waals surface area contributed by atoms with Crippen molar-refractivity contribution in [1.82, 2.24) is 29.4 Å². The topological polar surface area (TPSA) is 101 Å². The number of rotatable bonds is 5. The molecule has 1 saturated carbocycles. The van der Waals surface area contributed by atoms with Crippen LogP contribution in [0.4, 0.5) is 0 Å². The summed E-state index contributed by atoms with van der Waals surface area (Å²) in [6.45, 7) is 1.22. The van der Waals surface area contributed by atoms with E-state index in [4.69, 9.17) is 0 Å². The lowest BCUT2D eigenvalue weighted by molar-refractivity contribution is 0.0698. The number of piperazine rings is 1. The van der Waals surface area contributed by atoms with E-state index in [0.29, 0.717) is 35.2 Å². The Morgan fingerprint density at radius 1 is 0.912 bits per heavy atom. The predicted octanol–water partition coefficient (Wildman–Crippen LogP) is 2.86. The van der Waals surface area contributed by atoms with Gasteiger partial charge >= 0.3 is 0 Å². The van der Waals surface area contributed by atoms with Crippen molar-refractivity contribution in [2.75, 3.05) is 26.2 Å². The summed E-state index contributed by atoms with van der Waals surface area (Å²) in [6, 6.07) is 14.5. The smallest absolute Gasteiger partial charge is 0.254 e. The summed E-state index contributed by atoms with van der Waals surface area (Å²) >= 11 is 0. The standard InChI is InChI=1S/C24H28N6O3S/c31-24(21-7-4-8-22(17-21)30-18-25-26-27-30)28-13-15-29(16-14-28)34(32,33)23-11-9-20(10-12-23)19-5-2-1-3-6-19/h4,7-12,17-19H,1-3,5-6,13-16H2. The Morgan fingerprint density at radius 3 is 2.32 bits per heavy atom. The van der Waals surface area contributed by atoms with Crippen LogP contribution in [0.3, 0.4) is 0 Å². The highest BCUT2D eigenvalue weighted by atomic mass is 32.2. The monoisotopic (exact) mass is 480 g/mol. The van der Waals surface area contributed by atoms with Gasteiger partial charge < -0.3 is 4.90 Å². The van der Waals surface area contributed by atoms with Gasteiger partial charge in [0.15, 0.2) is 0 Å². The largest absolute Gasteiger partial charge is 0.336 e. The van der Waals surface area contributed by atoms with E-state index in [0.717, 1.165) is 0 Å². The van der Waals surface area contributed by atoms with Gasteiger partial charge in [0, 0.05) is 31.7 Å². The summed E-state index contributed by atoms with van der Waals surface area (Å²) in [6.07, 6.45) is 7.61. The molecule has 0 spiro atoms. The number of hydrogen-bond donors (Lipinski definition) is 0. The van der Waals surface area contributed by atoms with Gasteiger partial charge in [0.2, 0.25) is 10.0 Å². The van der Waals surface area contributed by atoms with Crippen LogP contribution in [0.5, 0.6) is 0 Å². The van der Waals surface area contributed by atoms with E-state index in [1.54, 1.807) is 35.2 Å². The Balaban J connectivity index is 1.23. The molecule has 178 valence electrons. The molecule has 10 heteroatoms. The van der Waals surface area contributed by atoms with Crippen LogP contribution >= 0.6 is 0 Å². The quantitative estimate of drug-likeness (QED) is 0.557. The van der Waals surface area contributed by atoms with Crippen LogP contribution in [0.2, 0.25) is 0 Å². The average Bonchev–Trinajstić information content (AvgIpc) is 3.44. The maximum absolute atomic E-state index is 13.2. The molecule has 5 rings (SSSR count). The Kier molecular flexibility index (Phi) is 6.42. The fraction of sp³-hybridized carbons (Fsp3) is 0.417. The van der Waals surface area contributed by atoms with E-state index >= 15 is 0 Å². The minimum atomic E-state index is -3.59. The lowest BCUT2D eigenvalue weighted by atomic mass is 9.84. The average molecular weight is 481 g/mol. The van der Waals surface area contributed by atoms with Crippen molar-refractivity contribution in [3.63, 3.8) is 0 Å². The summed E-state index contributed by atoms with van der Waals surface area (Å²) in [5.41, 5.74) is 2.44. The molecule has 34 heavy (non-hydrogen) atoms. The van der Waals surface area contributed by atoms with E-state index in [2.05, 4.69) is 15.5 Å². The fourth-order valence-electron chi connectivity index (χ4n) is 4.87. The Bertz CT molecular complexity index is 1230. The number of benzene rings is 2. The molecule has 2 fully saturated rings. The van der Waals surface area contributed by atoms with Crippen molar-refractivity contribution in [3.05, 3.63) is 66.0 Å². The van der Waals surface area contributed by atoms with Crippen molar-refractivity contribution in [2.45, 2.75) is 42.9 Å². The van der Waals surface area contributed by atoms with Crippen LogP contribution in [0.1, 0.15) is 53.9 Å². The lowest BCUT2D eigenvalue weighted by Crippen LogP contribution is -2.50. The van der Waals surface area contributed by atoms with Gasteiger partial charge in [-0.3, -0.25) is 4.79 Å². The maximum atomic E-state index is 13.2. The summed E-state index contributed by atoms with van der Waals surface area (Å²) in [4.78, 5) is 15.0. The maximum Gasteiger partial charge on any atom is 0.254 e. The molecule has 1 aliphatic carbocycles. The van der Waals surface area contributed by atoms with Crippen molar-refractivity contribution in [3.8, 4) is 5.69 Å². The molecular formula is C24H28N6O3S. The SMILES string of the molecule is O=C(c1cccc(-n2cnnn2)c1)N1CCN(S(=O)(=O)c2ccc(C3CCCCC3)cc2)CC1. The molecule has 1 aromatic heterocycles. The number of carbonyl (C=O) groups excluding carboxylic acids is 1. The third-order valence-electron chi connectivity index (χ3n) is 6.83. The first kappa shape index (κ1) is 22.7. The summed E-state index contributed by atoms with van der Waals surface area (Å²) in [5, 5.41) is 11.1. The molecule has 3 aromatic rings. The molecule has 1 amide bonds. The van der Waals surface area contributed by atoms with E-state index in [1.807, 2.05) is 18.2 Å². The molecule has 0 bridgehead atoms. The lowest BCUT2D eigenvalue weighted by Gasteiger charge is -2.34. The van der Waals surface area contributed by atoms with Gasteiger partial charge in [-0.15, -0.1) is 5.10 Å². The fourth-order valence-corrected chi connectivity index (χ4v) is 6.29. The minimum Gasteiger partial charge on any atom is -0.336 e. The van der Waals surface area contributed by atoms with Crippen LogP contribution < -0.4 is 0 Å². The van der Waals surface area contributed by atoms with E-state index in [1.165, 1.54) is 53.0 Å². The molecule has 2 aliphatic rings. The molecule has 0 N–H and O–H groups in total. The summed E-state index contributed by atoms with van der Waals surface area (Å²) in [7, 11) is -3.59. The third-order valence-corrected chi connectivity index (χ3v) is 8.74. The van der Waals surface area contributed by atoms with Crippen LogP contribution in [0.15, 0.2) is 59.8 Å². The second kappa shape index (κ2) is 9.63. The van der Waals surface area contributed by atoms with Crippen LogP contribution in [-0.4, -0.2) is 69.9 Å². The van der Waals surface area contributed by atoms with Crippen molar-refractivity contribution >= 4 is 15.9 Å². The first-order valence-corrected chi connectivity index (χ1v) is 13.2. The minimum absolute atomic E-state index is 0.135. The highest BCUT2D eigenvalue weighted by Gasteiger charge is 2.30. The van der Waals surface area contributed by atoms with Crippen molar-refractivity contribution in [1.29, 1.82) is 0 Å². The van der Waals surface area contributed by atoms with Gasteiger partial charge in [-0.25, -0.2) is 13.1 Å². The highest BCUT2D eigenvalue weighted by Crippen LogP contribution is 2.33. The number of sulfonamides is 1. The number of carbonyl (C=O) groups is 1. The zero-order chi connectivity index (χ0) is 23.5. The molecule has 1 saturated heterocycles. The summed E-state index contributed by atoms with van der Waals surface area (Å²) < 4.78 is 29.4. The molecule has 0 atom stereocenters. The number of nitrogens with zero attached hydrogens (tertiary/aromatic N) is 6. The third kappa shape index (κ3) is 4.60.